The Bertz CT molecular complexity index is 786. The molecule has 0 spiro atoms. The zero-order valence-electron chi connectivity index (χ0n) is 10.6. The van der Waals surface area contributed by atoms with Gasteiger partial charge in [0, 0.05) is 6.07 Å². The van der Waals surface area contributed by atoms with E-state index < -0.39 is 0 Å². The SMILES string of the molecule is NC(=S)c1cccc(Oc2ccc3ccccc3c2)n1. The molecule has 0 saturated heterocycles. The third-order valence-corrected chi connectivity index (χ3v) is 3.13. The van der Waals surface area contributed by atoms with Crippen molar-refractivity contribution in [2.45, 2.75) is 0 Å². The summed E-state index contributed by atoms with van der Waals surface area (Å²) in [5.41, 5.74) is 6.12. The summed E-state index contributed by atoms with van der Waals surface area (Å²) in [5.74, 6) is 1.21. The highest BCUT2D eigenvalue weighted by Gasteiger charge is 2.03. The highest BCUT2D eigenvalue weighted by molar-refractivity contribution is 7.80. The first kappa shape index (κ1) is 12.6. The number of pyridine rings is 1. The van der Waals surface area contributed by atoms with Crippen molar-refractivity contribution in [3.05, 3.63) is 66.4 Å². The molecule has 2 aromatic carbocycles. The first-order valence-corrected chi connectivity index (χ1v) is 6.57. The Balaban J connectivity index is 1.92. The fourth-order valence-corrected chi connectivity index (χ4v) is 2.07. The molecule has 0 aliphatic rings. The van der Waals surface area contributed by atoms with E-state index >= 15 is 0 Å². The van der Waals surface area contributed by atoms with E-state index in [0.29, 0.717) is 11.6 Å². The molecule has 0 unspecified atom stereocenters. The lowest BCUT2D eigenvalue weighted by Gasteiger charge is -2.07. The average Bonchev–Trinajstić information content (AvgIpc) is 2.47. The summed E-state index contributed by atoms with van der Waals surface area (Å²) in [4.78, 5) is 4.52. The molecular weight excluding hydrogens is 268 g/mol. The van der Waals surface area contributed by atoms with Crippen LogP contribution in [-0.2, 0) is 0 Å². The smallest absolute Gasteiger partial charge is 0.219 e. The van der Waals surface area contributed by atoms with Crippen LogP contribution >= 0.6 is 12.2 Å². The molecule has 0 radical (unpaired) electrons. The van der Waals surface area contributed by atoms with E-state index in [2.05, 4.69) is 11.1 Å². The topological polar surface area (TPSA) is 48.1 Å². The van der Waals surface area contributed by atoms with E-state index in [-0.39, 0.29) is 4.99 Å². The van der Waals surface area contributed by atoms with Gasteiger partial charge in [0.2, 0.25) is 5.88 Å². The van der Waals surface area contributed by atoms with E-state index in [1.807, 2.05) is 42.5 Å². The zero-order chi connectivity index (χ0) is 13.9. The summed E-state index contributed by atoms with van der Waals surface area (Å²) in [6.45, 7) is 0. The third kappa shape index (κ3) is 2.60. The van der Waals surface area contributed by atoms with Gasteiger partial charge in [-0.15, -0.1) is 0 Å². The second kappa shape index (κ2) is 5.27. The third-order valence-electron chi connectivity index (χ3n) is 2.92. The summed E-state index contributed by atoms with van der Waals surface area (Å²) in [5, 5.41) is 2.29. The first-order chi connectivity index (χ1) is 9.72. The molecule has 0 fully saturated rings. The van der Waals surface area contributed by atoms with Crippen LogP contribution in [0.25, 0.3) is 10.8 Å². The van der Waals surface area contributed by atoms with E-state index in [1.165, 1.54) is 5.39 Å². The molecule has 3 rings (SSSR count). The minimum atomic E-state index is 0.258. The molecule has 2 N–H and O–H groups in total. The van der Waals surface area contributed by atoms with E-state index in [1.54, 1.807) is 12.1 Å². The summed E-state index contributed by atoms with van der Waals surface area (Å²) in [6.07, 6.45) is 0. The predicted molar refractivity (Wildman–Crippen MR) is 84.1 cm³/mol. The van der Waals surface area contributed by atoms with Crippen molar-refractivity contribution in [2.24, 2.45) is 5.73 Å². The molecule has 98 valence electrons. The Morgan fingerprint density at radius 3 is 2.55 bits per heavy atom. The van der Waals surface area contributed by atoms with Gasteiger partial charge in [0.1, 0.15) is 16.4 Å². The fraction of sp³-hybridized carbons (Fsp3) is 0. The van der Waals surface area contributed by atoms with Crippen molar-refractivity contribution in [1.29, 1.82) is 0 Å². The molecule has 0 atom stereocenters. The van der Waals surface area contributed by atoms with Gasteiger partial charge in [-0.25, -0.2) is 4.98 Å². The lowest BCUT2D eigenvalue weighted by atomic mass is 10.1. The Morgan fingerprint density at radius 1 is 0.950 bits per heavy atom. The van der Waals surface area contributed by atoms with Gasteiger partial charge in [0.05, 0.1) is 0 Å². The molecule has 4 heteroatoms. The molecule has 3 aromatic rings. The maximum Gasteiger partial charge on any atom is 0.219 e. The van der Waals surface area contributed by atoms with Crippen molar-refractivity contribution < 1.29 is 4.74 Å². The maximum absolute atomic E-state index is 5.75. The monoisotopic (exact) mass is 280 g/mol. The van der Waals surface area contributed by atoms with E-state index in [9.17, 15) is 0 Å². The number of thiocarbonyl (C=S) groups is 1. The van der Waals surface area contributed by atoms with Crippen LogP contribution in [0.3, 0.4) is 0 Å². The van der Waals surface area contributed by atoms with Crippen molar-refractivity contribution in [2.75, 3.05) is 0 Å². The lowest BCUT2D eigenvalue weighted by molar-refractivity contribution is 0.463. The molecule has 0 aliphatic carbocycles. The highest BCUT2D eigenvalue weighted by Crippen LogP contribution is 2.24. The number of nitrogens with two attached hydrogens (primary N) is 1. The van der Waals surface area contributed by atoms with Gasteiger partial charge in [0.15, 0.2) is 0 Å². The van der Waals surface area contributed by atoms with E-state index in [4.69, 9.17) is 22.7 Å². The van der Waals surface area contributed by atoms with Crippen LogP contribution in [0.1, 0.15) is 5.69 Å². The Morgan fingerprint density at radius 2 is 1.75 bits per heavy atom. The summed E-state index contributed by atoms with van der Waals surface area (Å²) in [6, 6.07) is 19.4. The number of rotatable bonds is 3. The van der Waals surface area contributed by atoms with Gasteiger partial charge in [-0.2, -0.15) is 0 Å². The second-order valence-corrected chi connectivity index (χ2v) is 4.78. The predicted octanol–water partition coefficient (Wildman–Crippen LogP) is 3.66. The molecule has 3 nitrogen and oxygen atoms in total. The Labute approximate surface area is 122 Å². The van der Waals surface area contributed by atoms with Gasteiger partial charge in [-0.3, -0.25) is 0 Å². The largest absolute Gasteiger partial charge is 0.439 e. The number of aromatic nitrogens is 1. The molecule has 0 amide bonds. The van der Waals surface area contributed by atoms with Crippen LogP contribution in [-0.4, -0.2) is 9.97 Å². The Kier molecular flexibility index (Phi) is 3.31. The summed E-state index contributed by atoms with van der Waals surface area (Å²) in [7, 11) is 0. The molecule has 0 bridgehead atoms. The number of hydrogen-bond acceptors (Lipinski definition) is 3. The number of nitrogens with zero attached hydrogens (tertiary/aromatic N) is 1. The quantitative estimate of drug-likeness (QED) is 0.744. The standard InChI is InChI=1S/C16H12N2OS/c17-16(20)14-6-3-7-15(18-14)19-13-9-8-11-4-1-2-5-12(11)10-13/h1-10H,(H2,17,20). The van der Waals surface area contributed by atoms with Crippen LogP contribution in [0.4, 0.5) is 0 Å². The highest BCUT2D eigenvalue weighted by atomic mass is 32.1. The average molecular weight is 280 g/mol. The van der Waals surface area contributed by atoms with Crippen LogP contribution in [0.5, 0.6) is 11.6 Å². The molecule has 0 saturated carbocycles. The van der Waals surface area contributed by atoms with Gasteiger partial charge >= 0.3 is 0 Å². The second-order valence-electron chi connectivity index (χ2n) is 4.34. The number of fused-ring (bicyclic) bond motifs is 1. The lowest BCUT2D eigenvalue weighted by Crippen LogP contribution is -2.11. The van der Waals surface area contributed by atoms with Crippen molar-refractivity contribution >= 4 is 28.0 Å². The molecule has 20 heavy (non-hydrogen) atoms. The molecule has 1 aromatic heterocycles. The van der Waals surface area contributed by atoms with Gasteiger partial charge < -0.3 is 10.5 Å². The van der Waals surface area contributed by atoms with Crippen LogP contribution in [0.2, 0.25) is 0 Å². The van der Waals surface area contributed by atoms with Gasteiger partial charge in [0.25, 0.3) is 0 Å². The molecule has 0 aliphatic heterocycles. The van der Waals surface area contributed by atoms with E-state index in [0.717, 1.165) is 11.1 Å². The van der Waals surface area contributed by atoms with Crippen molar-refractivity contribution in [3.63, 3.8) is 0 Å². The summed E-state index contributed by atoms with van der Waals surface area (Å²) >= 11 is 4.91. The normalized spacial score (nSPS) is 10.4. The van der Waals surface area contributed by atoms with Crippen LogP contribution in [0, 0.1) is 0 Å². The zero-order valence-corrected chi connectivity index (χ0v) is 11.4. The molecular formula is C16H12N2OS. The minimum absolute atomic E-state index is 0.258. The number of hydrogen-bond donors (Lipinski definition) is 1. The number of benzene rings is 2. The fourth-order valence-electron chi connectivity index (χ4n) is 1.96. The summed E-state index contributed by atoms with van der Waals surface area (Å²) < 4.78 is 5.75. The van der Waals surface area contributed by atoms with Crippen LogP contribution in [0.15, 0.2) is 60.7 Å². The maximum atomic E-state index is 5.75. The molecule has 1 heterocycles. The van der Waals surface area contributed by atoms with Crippen LogP contribution < -0.4 is 10.5 Å². The minimum Gasteiger partial charge on any atom is -0.439 e. The van der Waals surface area contributed by atoms with Gasteiger partial charge in [-0.05, 0) is 29.0 Å². The number of ether oxygens (including phenoxy) is 1. The van der Waals surface area contributed by atoms with Gasteiger partial charge in [-0.1, -0.05) is 48.6 Å². The Hall–Kier alpha value is -2.46. The van der Waals surface area contributed by atoms with Crippen molar-refractivity contribution in [3.8, 4) is 11.6 Å². The first-order valence-electron chi connectivity index (χ1n) is 6.16. The van der Waals surface area contributed by atoms with Crippen molar-refractivity contribution in [1.82, 2.24) is 4.98 Å².